The second-order valence-corrected chi connectivity index (χ2v) is 7.91. The summed E-state index contributed by atoms with van der Waals surface area (Å²) >= 11 is 3.50. The largest absolute Gasteiger partial charge is 0.493 e. The number of carbonyl (C=O) groups excluding carboxylic acids is 1. The molecule has 0 spiro atoms. The van der Waals surface area contributed by atoms with Gasteiger partial charge in [0.2, 0.25) is 0 Å². The van der Waals surface area contributed by atoms with Crippen molar-refractivity contribution >= 4 is 33.2 Å². The Balaban J connectivity index is 1.45. The summed E-state index contributed by atoms with van der Waals surface area (Å²) in [4.78, 5) is 15.0. The number of hydrogen-bond acceptors (Lipinski definition) is 4. The van der Waals surface area contributed by atoms with E-state index in [9.17, 15) is 4.79 Å². The van der Waals surface area contributed by atoms with E-state index in [-0.39, 0.29) is 5.91 Å². The average Bonchev–Trinajstić information content (AvgIpc) is 3.52. The number of halogens is 1. The molecule has 0 aromatic heterocycles. The molecule has 1 saturated carbocycles. The van der Waals surface area contributed by atoms with Crippen LogP contribution < -0.4 is 15.0 Å². The van der Waals surface area contributed by atoms with Crippen molar-refractivity contribution in [3.05, 3.63) is 52.5 Å². The van der Waals surface area contributed by atoms with Gasteiger partial charge >= 0.3 is 0 Å². The lowest BCUT2D eigenvalue weighted by atomic mass is 10.1. The zero-order valence-electron chi connectivity index (χ0n) is 15.1. The summed E-state index contributed by atoms with van der Waals surface area (Å²) in [6.07, 6.45) is 2.53. The fourth-order valence-electron chi connectivity index (χ4n) is 3.08. The Bertz CT molecular complexity index is 800. The van der Waals surface area contributed by atoms with Gasteiger partial charge in [0, 0.05) is 23.1 Å². The summed E-state index contributed by atoms with van der Waals surface area (Å²) in [6.45, 7) is 3.80. The van der Waals surface area contributed by atoms with E-state index in [0.29, 0.717) is 24.7 Å². The highest BCUT2D eigenvalue weighted by atomic mass is 79.9. The van der Waals surface area contributed by atoms with Crippen LogP contribution in [0, 0.1) is 5.92 Å². The summed E-state index contributed by atoms with van der Waals surface area (Å²) in [6, 6.07) is 13.3. The molecule has 0 unspecified atom stereocenters. The van der Waals surface area contributed by atoms with Gasteiger partial charge in [-0.25, -0.2) is 0 Å². The summed E-state index contributed by atoms with van der Waals surface area (Å²) in [5.41, 5.74) is 2.42. The quantitative estimate of drug-likeness (QED) is 0.740. The molecule has 2 fully saturated rings. The van der Waals surface area contributed by atoms with Crippen molar-refractivity contribution in [2.24, 2.45) is 5.92 Å². The lowest BCUT2D eigenvalue weighted by molar-refractivity contribution is 0.102. The van der Waals surface area contributed by atoms with Crippen molar-refractivity contribution in [3.8, 4) is 5.75 Å². The third kappa shape index (κ3) is 4.82. The molecule has 0 radical (unpaired) electrons. The Morgan fingerprint density at radius 3 is 2.59 bits per heavy atom. The maximum atomic E-state index is 12.7. The standard InChI is InChI=1S/C21H23BrN2O3/c22-17-5-8-20(24-9-11-26-12-10-24)19(13-17)23-21(25)16-3-6-18(7-4-16)27-14-15-1-2-15/h3-8,13,15H,1-2,9-12,14H2,(H,23,25). The number of amides is 1. The molecule has 2 aliphatic rings. The van der Waals surface area contributed by atoms with E-state index in [2.05, 4.69) is 26.1 Å². The summed E-state index contributed by atoms with van der Waals surface area (Å²) < 4.78 is 12.1. The minimum absolute atomic E-state index is 0.128. The molecule has 0 atom stereocenters. The lowest BCUT2D eigenvalue weighted by Gasteiger charge is -2.30. The lowest BCUT2D eigenvalue weighted by Crippen LogP contribution is -2.36. The number of nitrogens with zero attached hydrogens (tertiary/aromatic N) is 1. The second kappa shape index (κ2) is 8.31. The Hall–Kier alpha value is -2.05. The number of anilines is 2. The number of rotatable bonds is 6. The van der Waals surface area contributed by atoms with Crippen molar-refractivity contribution in [1.82, 2.24) is 0 Å². The minimum Gasteiger partial charge on any atom is -0.493 e. The van der Waals surface area contributed by atoms with Gasteiger partial charge in [0.15, 0.2) is 0 Å². The van der Waals surface area contributed by atoms with Crippen LogP contribution in [0.15, 0.2) is 46.9 Å². The number of hydrogen-bond donors (Lipinski definition) is 1. The molecule has 2 aromatic rings. The molecule has 1 aliphatic carbocycles. The van der Waals surface area contributed by atoms with Crippen LogP contribution in [0.2, 0.25) is 0 Å². The molecular weight excluding hydrogens is 408 g/mol. The Morgan fingerprint density at radius 2 is 1.89 bits per heavy atom. The normalized spacial score (nSPS) is 16.9. The van der Waals surface area contributed by atoms with E-state index < -0.39 is 0 Å². The van der Waals surface area contributed by atoms with E-state index in [1.807, 2.05) is 42.5 Å². The van der Waals surface area contributed by atoms with Crippen LogP contribution in [0.25, 0.3) is 0 Å². The van der Waals surface area contributed by atoms with Gasteiger partial charge in [0.25, 0.3) is 5.91 Å². The van der Waals surface area contributed by atoms with Gasteiger partial charge < -0.3 is 19.7 Å². The maximum absolute atomic E-state index is 12.7. The third-order valence-electron chi connectivity index (χ3n) is 4.86. The van der Waals surface area contributed by atoms with Crippen LogP contribution >= 0.6 is 15.9 Å². The van der Waals surface area contributed by atoms with Crippen LogP contribution in [-0.2, 0) is 4.74 Å². The van der Waals surface area contributed by atoms with E-state index in [0.717, 1.165) is 41.3 Å². The summed E-state index contributed by atoms with van der Waals surface area (Å²) in [5, 5.41) is 3.05. The molecule has 1 heterocycles. The Morgan fingerprint density at radius 1 is 1.15 bits per heavy atom. The number of benzene rings is 2. The number of carbonyl (C=O) groups is 1. The van der Waals surface area contributed by atoms with Crippen molar-refractivity contribution in [1.29, 1.82) is 0 Å². The first kappa shape index (κ1) is 18.3. The zero-order chi connectivity index (χ0) is 18.6. The van der Waals surface area contributed by atoms with Crippen molar-refractivity contribution in [2.75, 3.05) is 43.1 Å². The van der Waals surface area contributed by atoms with Crippen molar-refractivity contribution in [2.45, 2.75) is 12.8 Å². The van der Waals surface area contributed by atoms with Crippen LogP contribution in [0.4, 0.5) is 11.4 Å². The predicted octanol–water partition coefficient (Wildman–Crippen LogP) is 4.33. The van der Waals surface area contributed by atoms with E-state index >= 15 is 0 Å². The number of nitrogens with one attached hydrogen (secondary N) is 1. The number of ether oxygens (including phenoxy) is 2. The topological polar surface area (TPSA) is 50.8 Å². The van der Waals surface area contributed by atoms with Gasteiger partial charge in [-0.15, -0.1) is 0 Å². The average molecular weight is 431 g/mol. The first-order valence-corrected chi connectivity index (χ1v) is 10.1. The highest BCUT2D eigenvalue weighted by Crippen LogP contribution is 2.31. The SMILES string of the molecule is O=C(Nc1cc(Br)ccc1N1CCOCC1)c1ccc(OCC2CC2)cc1. The highest BCUT2D eigenvalue weighted by molar-refractivity contribution is 9.10. The van der Waals surface area contributed by atoms with E-state index in [1.54, 1.807) is 0 Å². The minimum atomic E-state index is -0.128. The third-order valence-corrected chi connectivity index (χ3v) is 5.35. The molecular formula is C21H23BrN2O3. The smallest absolute Gasteiger partial charge is 0.255 e. The monoisotopic (exact) mass is 430 g/mol. The molecule has 1 amide bonds. The first-order chi connectivity index (χ1) is 13.2. The molecule has 2 aromatic carbocycles. The van der Waals surface area contributed by atoms with Crippen LogP contribution in [-0.4, -0.2) is 38.8 Å². The first-order valence-electron chi connectivity index (χ1n) is 9.35. The van der Waals surface area contributed by atoms with Gasteiger partial charge in [-0.2, -0.15) is 0 Å². The Kier molecular flexibility index (Phi) is 5.64. The fourth-order valence-corrected chi connectivity index (χ4v) is 3.45. The van der Waals surface area contributed by atoms with Gasteiger partial charge in [-0.1, -0.05) is 15.9 Å². The Labute approximate surface area is 167 Å². The van der Waals surface area contributed by atoms with Crippen LogP contribution in [0.3, 0.4) is 0 Å². The molecule has 142 valence electrons. The molecule has 27 heavy (non-hydrogen) atoms. The van der Waals surface area contributed by atoms with Crippen molar-refractivity contribution in [3.63, 3.8) is 0 Å². The molecule has 1 aliphatic heterocycles. The van der Waals surface area contributed by atoms with Gasteiger partial charge in [-0.3, -0.25) is 4.79 Å². The summed E-state index contributed by atoms with van der Waals surface area (Å²) in [5.74, 6) is 1.40. The summed E-state index contributed by atoms with van der Waals surface area (Å²) in [7, 11) is 0. The fraction of sp³-hybridized carbons (Fsp3) is 0.381. The molecule has 0 bridgehead atoms. The van der Waals surface area contributed by atoms with Crippen LogP contribution in [0.1, 0.15) is 23.2 Å². The molecule has 6 heteroatoms. The maximum Gasteiger partial charge on any atom is 0.255 e. The van der Waals surface area contributed by atoms with Gasteiger partial charge in [0.1, 0.15) is 5.75 Å². The van der Waals surface area contributed by atoms with Gasteiger partial charge in [0.05, 0.1) is 31.2 Å². The van der Waals surface area contributed by atoms with Crippen molar-refractivity contribution < 1.29 is 14.3 Å². The zero-order valence-corrected chi connectivity index (χ0v) is 16.7. The van der Waals surface area contributed by atoms with E-state index in [1.165, 1.54) is 12.8 Å². The molecule has 1 saturated heterocycles. The molecule has 5 nitrogen and oxygen atoms in total. The van der Waals surface area contributed by atoms with Crippen LogP contribution in [0.5, 0.6) is 5.75 Å². The highest BCUT2D eigenvalue weighted by Gasteiger charge is 2.22. The predicted molar refractivity (Wildman–Crippen MR) is 110 cm³/mol. The second-order valence-electron chi connectivity index (χ2n) is 6.99. The number of morpholine rings is 1. The molecule has 4 rings (SSSR count). The van der Waals surface area contributed by atoms with E-state index in [4.69, 9.17) is 9.47 Å². The van der Waals surface area contributed by atoms with Gasteiger partial charge in [-0.05, 0) is 61.2 Å². The molecule has 1 N–H and O–H groups in total.